The Morgan fingerprint density at radius 1 is 1.20 bits per heavy atom. The number of aryl methyl sites for hydroxylation is 2. The first-order valence-corrected chi connectivity index (χ1v) is 6.30. The van der Waals surface area contributed by atoms with Crippen LogP contribution in [0.5, 0.6) is 5.75 Å². The third-order valence-electron chi connectivity index (χ3n) is 3.09. The largest absolute Gasteiger partial charge is 0.489 e. The number of nitrogens with one attached hydrogen (secondary N) is 1. The average Bonchev–Trinajstić information content (AvgIpc) is 2.40. The number of rotatable bonds is 4. The van der Waals surface area contributed by atoms with Crippen LogP contribution in [0.3, 0.4) is 0 Å². The normalized spacial score (nSPS) is 10.3. The highest BCUT2D eigenvalue weighted by Crippen LogP contribution is 2.21. The van der Waals surface area contributed by atoms with E-state index in [4.69, 9.17) is 15.9 Å². The van der Waals surface area contributed by atoms with Crippen molar-refractivity contribution in [3.05, 3.63) is 64.5 Å². The first-order valence-electron chi connectivity index (χ1n) is 6.30. The van der Waals surface area contributed by atoms with E-state index in [2.05, 4.69) is 0 Å². The molecule has 0 saturated heterocycles. The van der Waals surface area contributed by atoms with E-state index in [0.717, 1.165) is 16.9 Å². The van der Waals surface area contributed by atoms with Gasteiger partial charge in [0.25, 0.3) is 0 Å². The van der Waals surface area contributed by atoms with Crippen molar-refractivity contribution in [2.24, 2.45) is 5.73 Å². The van der Waals surface area contributed by atoms with Crippen LogP contribution in [0.1, 0.15) is 22.3 Å². The maximum atomic E-state index is 13.2. The predicted molar refractivity (Wildman–Crippen MR) is 77.7 cm³/mol. The summed E-state index contributed by atoms with van der Waals surface area (Å²) in [5.41, 5.74) is 8.67. The smallest absolute Gasteiger partial charge is 0.123 e. The Labute approximate surface area is 117 Å². The zero-order chi connectivity index (χ0) is 14.7. The summed E-state index contributed by atoms with van der Waals surface area (Å²) < 4.78 is 19.0. The van der Waals surface area contributed by atoms with Gasteiger partial charge in [0.05, 0.1) is 0 Å². The summed E-state index contributed by atoms with van der Waals surface area (Å²) in [6.45, 7) is 4.20. The molecule has 0 fully saturated rings. The van der Waals surface area contributed by atoms with E-state index in [9.17, 15) is 4.39 Å². The van der Waals surface area contributed by atoms with Gasteiger partial charge in [-0.3, -0.25) is 5.41 Å². The van der Waals surface area contributed by atoms with Crippen molar-refractivity contribution < 1.29 is 9.13 Å². The molecule has 0 heterocycles. The fraction of sp³-hybridized carbons (Fsp3) is 0.188. The summed E-state index contributed by atoms with van der Waals surface area (Å²) in [4.78, 5) is 0. The van der Waals surface area contributed by atoms with Crippen molar-refractivity contribution in [1.82, 2.24) is 0 Å². The summed E-state index contributed by atoms with van der Waals surface area (Å²) in [6.07, 6.45) is 0. The van der Waals surface area contributed by atoms with E-state index in [-0.39, 0.29) is 12.4 Å². The zero-order valence-electron chi connectivity index (χ0n) is 11.5. The zero-order valence-corrected chi connectivity index (χ0v) is 11.5. The van der Waals surface area contributed by atoms with Crippen LogP contribution in [0.15, 0.2) is 36.4 Å². The molecule has 4 heteroatoms. The fourth-order valence-corrected chi connectivity index (χ4v) is 1.94. The molecule has 0 unspecified atom stereocenters. The van der Waals surface area contributed by atoms with Crippen LogP contribution < -0.4 is 10.5 Å². The molecule has 0 aromatic heterocycles. The van der Waals surface area contributed by atoms with E-state index in [1.54, 1.807) is 6.07 Å². The Kier molecular flexibility index (Phi) is 4.03. The second kappa shape index (κ2) is 5.74. The number of halogens is 1. The monoisotopic (exact) mass is 272 g/mol. The minimum atomic E-state index is -0.411. The van der Waals surface area contributed by atoms with Crippen LogP contribution in [0.2, 0.25) is 0 Å². The SMILES string of the molecule is Cc1ccc(C)c(OCc2ccc(F)cc2C(=N)N)c1. The molecule has 2 rings (SSSR count). The van der Waals surface area contributed by atoms with Crippen LogP contribution in [-0.2, 0) is 6.61 Å². The molecule has 2 aromatic rings. The second-order valence-electron chi connectivity index (χ2n) is 4.77. The number of hydrogen-bond acceptors (Lipinski definition) is 2. The molecule has 0 aliphatic heterocycles. The van der Waals surface area contributed by atoms with Crippen LogP contribution in [0.4, 0.5) is 4.39 Å². The Bertz CT molecular complexity index is 653. The molecule has 104 valence electrons. The van der Waals surface area contributed by atoms with E-state index >= 15 is 0 Å². The molecule has 0 spiro atoms. The summed E-state index contributed by atoms with van der Waals surface area (Å²) in [6, 6.07) is 10.1. The number of ether oxygens (including phenoxy) is 1. The van der Waals surface area contributed by atoms with Gasteiger partial charge in [0.2, 0.25) is 0 Å². The summed E-state index contributed by atoms with van der Waals surface area (Å²) in [7, 11) is 0. The lowest BCUT2D eigenvalue weighted by Gasteiger charge is -2.12. The van der Waals surface area contributed by atoms with Gasteiger partial charge >= 0.3 is 0 Å². The molecule has 20 heavy (non-hydrogen) atoms. The van der Waals surface area contributed by atoms with Crippen molar-refractivity contribution in [3.63, 3.8) is 0 Å². The lowest BCUT2D eigenvalue weighted by atomic mass is 10.1. The number of benzene rings is 2. The quantitative estimate of drug-likeness (QED) is 0.662. The lowest BCUT2D eigenvalue weighted by Crippen LogP contribution is -2.15. The van der Waals surface area contributed by atoms with Crippen molar-refractivity contribution in [3.8, 4) is 5.75 Å². The minimum Gasteiger partial charge on any atom is -0.489 e. The van der Waals surface area contributed by atoms with Gasteiger partial charge in [0.15, 0.2) is 0 Å². The first-order chi connectivity index (χ1) is 9.47. The van der Waals surface area contributed by atoms with Crippen LogP contribution in [0, 0.1) is 25.1 Å². The molecule has 3 nitrogen and oxygen atoms in total. The Morgan fingerprint density at radius 3 is 2.65 bits per heavy atom. The number of amidine groups is 1. The summed E-state index contributed by atoms with van der Waals surface area (Å²) in [5.74, 6) is 0.207. The molecule has 0 amide bonds. The minimum absolute atomic E-state index is 0.163. The van der Waals surface area contributed by atoms with Gasteiger partial charge in [-0.15, -0.1) is 0 Å². The molecule has 0 saturated carbocycles. The molecule has 0 aliphatic rings. The molecule has 3 N–H and O–H groups in total. The predicted octanol–water partition coefficient (Wildman–Crippen LogP) is 3.31. The van der Waals surface area contributed by atoms with Gasteiger partial charge < -0.3 is 10.5 Å². The molecule has 2 aromatic carbocycles. The fourth-order valence-electron chi connectivity index (χ4n) is 1.94. The van der Waals surface area contributed by atoms with Crippen LogP contribution in [0.25, 0.3) is 0 Å². The van der Waals surface area contributed by atoms with E-state index in [1.807, 2.05) is 32.0 Å². The van der Waals surface area contributed by atoms with Crippen LogP contribution in [-0.4, -0.2) is 5.84 Å². The summed E-state index contributed by atoms with van der Waals surface area (Å²) in [5, 5.41) is 7.49. The van der Waals surface area contributed by atoms with E-state index < -0.39 is 5.82 Å². The Hall–Kier alpha value is -2.36. The topological polar surface area (TPSA) is 59.1 Å². The molecular weight excluding hydrogens is 255 g/mol. The maximum Gasteiger partial charge on any atom is 0.123 e. The van der Waals surface area contributed by atoms with Gasteiger partial charge in [-0.1, -0.05) is 18.2 Å². The van der Waals surface area contributed by atoms with Crippen molar-refractivity contribution in [2.45, 2.75) is 20.5 Å². The van der Waals surface area contributed by atoms with Gasteiger partial charge in [0, 0.05) is 11.1 Å². The second-order valence-corrected chi connectivity index (χ2v) is 4.77. The molecule has 0 radical (unpaired) electrons. The number of nitrogens with two attached hydrogens (primary N) is 1. The van der Waals surface area contributed by atoms with Gasteiger partial charge in [-0.05, 0) is 43.2 Å². The van der Waals surface area contributed by atoms with Crippen LogP contribution >= 0.6 is 0 Å². The Balaban J connectivity index is 2.23. The first kappa shape index (κ1) is 14.1. The molecule has 0 aliphatic carbocycles. The molecule has 0 atom stereocenters. The molecule has 0 bridgehead atoms. The maximum absolute atomic E-state index is 13.2. The number of nitrogen functional groups attached to an aromatic ring is 1. The van der Waals surface area contributed by atoms with Gasteiger partial charge in [-0.25, -0.2) is 4.39 Å². The number of hydrogen-bond donors (Lipinski definition) is 2. The third kappa shape index (κ3) is 3.15. The van der Waals surface area contributed by atoms with Gasteiger partial charge in [0.1, 0.15) is 24.0 Å². The van der Waals surface area contributed by atoms with Crippen molar-refractivity contribution in [2.75, 3.05) is 0 Å². The third-order valence-corrected chi connectivity index (χ3v) is 3.09. The molecular formula is C16H17FN2O. The average molecular weight is 272 g/mol. The van der Waals surface area contributed by atoms with Gasteiger partial charge in [-0.2, -0.15) is 0 Å². The summed E-state index contributed by atoms with van der Waals surface area (Å²) >= 11 is 0. The van der Waals surface area contributed by atoms with Crippen molar-refractivity contribution in [1.29, 1.82) is 5.41 Å². The highest BCUT2D eigenvalue weighted by atomic mass is 19.1. The highest BCUT2D eigenvalue weighted by Gasteiger charge is 2.08. The standard InChI is InChI=1S/C16H17FN2O/c1-10-3-4-11(2)15(7-10)20-9-12-5-6-13(17)8-14(12)16(18)19/h3-8H,9H2,1-2H3,(H3,18,19). The van der Waals surface area contributed by atoms with E-state index in [1.165, 1.54) is 12.1 Å². The Morgan fingerprint density at radius 2 is 1.95 bits per heavy atom. The highest BCUT2D eigenvalue weighted by molar-refractivity contribution is 5.96. The van der Waals surface area contributed by atoms with E-state index in [0.29, 0.717) is 11.1 Å². The van der Waals surface area contributed by atoms with Crippen molar-refractivity contribution >= 4 is 5.84 Å². The lowest BCUT2D eigenvalue weighted by molar-refractivity contribution is 0.303.